The highest BCUT2D eigenvalue weighted by atomic mass is 16.6. The number of carbonyl (C=O) groups is 2. The number of rotatable bonds is 13. The molecule has 0 N–H and O–H groups in total. The molecule has 0 radical (unpaired) electrons. The van der Waals surface area contributed by atoms with E-state index in [-0.39, 0.29) is 17.9 Å². The molecule has 3 heteroatoms. The molecule has 0 aromatic heterocycles. The third-order valence-electron chi connectivity index (χ3n) is 4.65. The number of carbonyl (C=O) groups excluding carboxylic acids is 2. The van der Waals surface area contributed by atoms with Crippen molar-refractivity contribution in [1.29, 1.82) is 0 Å². The molecule has 0 aromatic rings. The first-order chi connectivity index (χ1) is 10.7. The normalized spacial score (nSPS) is 18.5. The lowest BCUT2D eigenvalue weighted by Gasteiger charge is -2.18. The van der Waals surface area contributed by atoms with Crippen LogP contribution in [0.15, 0.2) is 0 Å². The molecule has 1 aliphatic rings. The zero-order valence-corrected chi connectivity index (χ0v) is 14.4. The monoisotopic (exact) mass is 310 g/mol. The molecular formula is C19H34O3. The number of cyclic esters (lactones) is 2. The van der Waals surface area contributed by atoms with Gasteiger partial charge in [-0.3, -0.25) is 9.59 Å². The highest BCUT2D eigenvalue weighted by molar-refractivity contribution is 5.89. The number of esters is 2. The third kappa shape index (κ3) is 9.22. The van der Waals surface area contributed by atoms with E-state index in [1.54, 1.807) is 0 Å². The van der Waals surface area contributed by atoms with E-state index in [2.05, 4.69) is 11.7 Å². The van der Waals surface area contributed by atoms with Crippen LogP contribution in [0.25, 0.3) is 0 Å². The van der Waals surface area contributed by atoms with E-state index in [9.17, 15) is 9.59 Å². The van der Waals surface area contributed by atoms with Crippen LogP contribution in [-0.2, 0) is 14.3 Å². The fourth-order valence-electron chi connectivity index (χ4n) is 3.15. The summed E-state index contributed by atoms with van der Waals surface area (Å²) in [6, 6.07) is 0. The Kier molecular flexibility index (Phi) is 11.0. The Morgan fingerprint density at radius 3 is 1.82 bits per heavy atom. The lowest BCUT2D eigenvalue weighted by atomic mass is 9.94. The minimum atomic E-state index is -0.351. The van der Waals surface area contributed by atoms with Gasteiger partial charge >= 0.3 is 11.9 Å². The number of hydrogen-bond donors (Lipinski definition) is 0. The second kappa shape index (κ2) is 12.7. The fourth-order valence-corrected chi connectivity index (χ4v) is 3.15. The molecular weight excluding hydrogens is 276 g/mol. The Bertz CT molecular complexity index is 312. The molecule has 0 spiro atoms. The van der Waals surface area contributed by atoms with Gasteiger partial charge in [0.2, 0.25) is 0 Å². The molecule has 1 fully saturated rings. The van der Waals surface area contributed by atoms with Crippen LogP contribution in [0, 0.1) is 5.92 Å². The number of unbranched alkanes of at least 4 members (excludes halogenated alkanes) is 11. The average Bonchev–Trinajstić information content (AvgIpc) is 2.50. The molecule has 3 nitrogen and oxygen atoms in total. The number of ether oxygens (including phenoxy) is 1. The smallest absolute Gasteiger partial charge is 0.316 e. The van der Waals surface area contributed by atoms with Gasteiger partial charge in [-0.2, -0.15) is 0 Å². The quantitative estimate of drug-likeness (QED) is 0.254. The van der Waals surface area contributed by atoms with Crippen LogP contribution in [0.2, 0.25) is 0 Å². The predicted octanol–water partition coefficient (Wildman–Crippen LogP) is 5.56. The van der Waals surface area contributed by atoms with Crippen LogP contribution in [-0.4, -0.2) is 11.9 Å². The summed E-state index contributed by atoms with van der Waals surface area (Å²) >= 11 is 0. The molecule has 1 unspecified atom stereocenters. The van der Waals surface area contributed by atoms with Crippen molar-refractivity contribution in [3.63, 3.8) is 0 Å². The zero-order chi connectivity index (χ0) is 16.0. The molecule has 1 rings (SSSR count). The summed E-state index contributed by atoms with van der Waals surface area (Å²) in [6.45, 7) is 2.26. The maximum Gasteiger partial charge on any atom is 0.316 e. The van der Waals surface area contributed by atoms with Gasteiger partial charge in [0, 0.05) is 6.42 Å². The zero-order valence-electron chi connectivity index (χ0n) is 14.4. The maximum atomic E-state index is 11.5. The molecule has 0 saturated carbocycles. The lowest BCUT2D eigenvalue weighted by molar-refractivity contribution is -0.167. The summed E-state index contributed by atoms with van der Waals surface area (Å²) in [5.74, 6) is -0.670. The third-order valence-corrected chi connectivity index (χ3v) is 4.65. The van der Waals surface area contributed by atoms with Crippen molar-refractivity contribution in [2.45, 2.75) is 103 Å². The van der Waals surface area contributed by atoms with E-state index < -0.39 is 0 Å². The van der Waals surface area contributed by atoms with Crippen molar-refractivity contribution < 1.29 is 14.3 Å². The summed E-state index contributed by atoms with van der Waals surface area (Å²) in [5.41, 5.74) is 0. The molecule has 128 valence electrons. The van der Waals surface area contributed by atoms with Crippen molar-refractivity contribution in [2.24, 2.45) is 5.92 Å². The Morgan fingerprint density at radius 2 is 1.32 bits per heavy atom. The molecule has 0 bridgehead atoms. The topological polar surface area (TPSA) is 43.4 Å². The van der Waals surface area contributed by atoms with E-state index in [1.807, 2.05) is 0 Å². The van der Waals surface area contributed by atoms with Gasteiger partial charge in [-0.25, -0.2) is 0 Å². The lowest BCUT2D eigenvalue weighted by Crippen LogP contribution is -2.27. The van der Waals surface area contributed by atoms with E-state index >= 15 is 0 Å². The van der Waals surface area contributed by atoms with Crippen LogP contribution < -0.4 is 0 Å². The van der Waals surface area contributed by atoms with E-state index in [4.69, 9.17) is 0 Å². The first-order valence-electron chi connectivity index (χ1n) is 9.48. The van der Waals surface area contributed by atoms with Gasteiger partial charge in [-0.15, -0.1) is 0 Å². The Hall–Kier alpha value is -0.860. The van der Waals surface area contributed by atoms with Crippen LogP contribution in [0.1, 0.15) is 103 Å². The second-order valence-corrected chi connectivity index (χ2v) is 6.71. The van der Waals surface area contributed by atoms with Gasteiger partial charge in [-0.05, 0) is 12.8 Å². The maximum absolute atomic E-state index is 11.5. The van der Waals surface area contributed by atoms with Crippen molar-refractivity contribution in [3.05, 3.63) is 0 Å². The Balaban J connectivity index is 1.82. The van der Waals surface area contributed by atoms with Gasteiger partial charge in [0.25, 0.3) is 0 Å². The number of hydrogen-bond acceptors (Lipinski definition) is 3. The first-order valence-corrected chi connectivity index (χ1v) is 9.48. The summed E-state index contributed by atoms with van der Waals surface area (Å²) < 4.78 is 4.68. The summed E-state index contributed by atoms with van der Waals surface area (Å²) in [4.78, 5) is 22.4. The van der Waals surface area contributed by atoms with Gasteiger partial charge < -0.3 is 4.74 Å². The minimum Gasteiger partial charge on any atom is -0.393 e. The SMILES string of the molecule is CCCCCCCCCCCCCCC1CCC(=O)OC1=O. The molecule has 0 aliphatic carbocycles. The van der Waals surface area contributed by atoms with Gasteiger partial charge in [0.1, 0.15) is 0 Å². The molecule has 1 aliphatic heterocycles. The predicted molar refractivity (Wildman–Crippen MR) is 89.5 cm³/mol. The molecule has 22 heavy (non-hydrogen) atoms. The van der Waals surface area contributed by atoms with Crippen molar-refractivity contribution in [1.82, 2.24) is 0 Å². The molecule has 1 atom stereocenters. The second-order valence-electron chi connectivity index (χ2n) is 6.71. The summed E-state index contributed by atoms with van der Waals surface area (Å²) in [6.07, 6.45) is 18.0. The molecule has 0 amide bonds. The largest absolute Gasteiger partial charge is 0.393 e. The molecule has 0 aromatic carbocycles. The van der Waals surface area contributed by atoms with Crippen molar-refractivity contribution in [3.8, 4) is 0 Å². The first kappa shape index (κ1) is 19.2. The van der Waals surface area contributed by atoms with Gasteiger partial charge in [0.15, 0.2) is 0 Å². The highest BCUT2D eigenvalue weighted by Gasteiger charge is 2.28. The van der Waals surface area contributed by atoms with E-state index in [1.165, 1.54) is 70.6 Å². The van der Waals surface area contributed by atoms with Gasteiger partial charge in [-0.1, -0.05) is 84.0 Å². The summed E-state index contributed by atoms with van der Waals surface area (Å²) in [7, 11) is 0. The molecule has 1 saturated heterocycles. The van der Waals surface area contributed by atoms with Crippen LogP contribution in [0.4, 0.5) is 0 Å². The van der Waals surface area contributed by atoms with Crippen molar-refractivity contribution in [2.75, 3.05) is 0 Å². The van der Waals surface area contributed by atoms with Crippen LogP contribution in [0.5, 0.6) is 0 Å². The molecule has 1 heterocycles. The Morgan fingerprint density at radius 1 is 0.818 bits per heavy atom. The Labute approximate surface area is 136 Å². The standard InChI is InChI=1S/C19H34O3/c1-2-3-4-5-6-7-8-9-10-11-12-13-14-17-15-16-18(20)22-19(17)21/h17H,2-16H2,1H3. The minimum absolute atomic E-state index is 0.0270. The van der Waals surface area contributed by atoms with Crippen LogP contribution >= 0.6 is 0 Å². The van der Waals surface area contributed by atoms with Gasteiger partial charge in [0.05, 0.1) is 5.92 Å². The fraction of sp³-hybridized carbons (Fsp3) is 0.895. The highest BCUT2D eigenvalue weighted by Crippen LogP contribution is 2.22. The average molecular weight is 310 g/mol. The van der Waals surface area contributed by atoms with E-state index in [0.717, 1.165) is 12.8 Å². The van der Waals surface area contributed by atoms with Crippen LogP contribution in [0.3, 0.4) is 0 Å². The van der Waals surface area contributed by atoms with E-state index in [0.29, 0.717) is 12.8 Å². The summed E-state index contributed by atoms with van der Waals surface area (Å²) in [5, 5.41) is 0. The van der Waals surface area contributed by atoms with Crippen molar-refractivity contribution >= 4 is 11.9 Å².